The Bertz CT molecular complexity index is 1350. The second-order valence-electron chi connectivity index (χ2n) is 9.56. The van der Waals surface area contributed by atoms with Gasteiger partial charge in [-0.2, -0.15) is 0 Å². The van der Waals surface area contributed by atoms with Crippen LogP contribution in [0, 0.1) is 26.9 Å². The normalized spacial score (nSPS) is 14.7. The minimum atomic E-state index is 0.406. The summed E-state index contributed by atoms with van der Waals surface area (Å²) in [6.07, 6.45) is 5.11. The van der Waals surface area contributed by atoms with Crippen molar-refractivity contribution in [1.29, 1.82) is 0 Å². The van der Waals surface area contributed by atoms with Crippen LogP contribution >= 0.6 is 0 Å². The zero-order valence-corrected chi connectivity index (χ0v) is 20.3. The molecule has 3 heterocycles. The first-order chi connectivity index (χ1) is 15.8. The number of benzene rings is 2. The van der Waals surface area contributed by atoms with Crippen molar-refractivity contribution in [2.75, 3.05) is 9.80 Å². The van der Waals surface area contributed by atoms with Crippen molar-refractivity contribution < 1.29 is 4.42 Å². The predicted molar refractivity (Wildman–Crippen MR) is 138 cm³/mol. The van der Waals surface area contributed by atoms with Crippen LogP contribution in [0.1, 0.15) is 61.9 Å². The lowest BCUT2D eigenvalue weighted by molar-refractivity contribution is 0.651. The van der Waals surface area contributed by atoms with Gasteiger partial charge in [0.05, 0.1) is 5.69 Å². The van der Waals surface area contributed by atoms with Gasteiger partial charge in [0.2, 0.25) is 5.71 Å². The van der Waals surface area contributed by atoms with Gasteiger partial charge in [0.25, 0.3) is 0 Å². The van der Waals surface area contributed by atoms with Gasteiger partial charge in [-0.05, 0) is 61.4 Å². The van der Waals surface area contributed by atoms with E-state index in [0.717, 1.165) is 39.5 Å². The van der Waals surface area contributed by atoms with Crippen LogP contribution in [-0.2, 0) is 0 Å². The van der Waals surface area contributed by atoms with Crippen LogP contribution in [0.4, 0.5) is 11.4 Å². The Morgan fingerprint density at radius 2 is 1.39 bits per heavy atom. The molecule has 2 aromatic heterocycles. The van der Waals surface area contributed by atoms with Crippen LogP contribution in [0.15, 0.2) is 59.3 Å². The van der Waals surface area contributed by atoms with E-state index in [1.807, 2.05) is 13.0 Å². The molecule has 0 atom stereocenters. The Hall–Kier alpha value is -3.27. The molecule has 0 spiro atoms. The van der Waals surface area contributed by atoms with E-state index < -0.39 is 0 Å². The van der Waals surface area contributed by atoms with Crippen LogP contribution < -0.4 is 9.80 Å². The number of pyridine rings is 1. The SMILES string of the molecule is [CH2][C]1N(c2c(C(C)C)cccc2C(C)C)C=CN1c1c(C)ccc2c1oc1nc(C)ccc12. The average Bonchev–Trinajstić information content (AvgIpc) is 3.32. The highest BCUT2D eigenvalue weighted by Crippen LogP contribution is 2.45. The molecule has 4 aromatic rings. The summed E-state index contributed by atoms with van der Waals surface area (Å²) < 4.78 is 6.32. The van der Waals surface area contributed by atoms with Gasteiger partial charge in [-0.25, -0.2) is 4.98 Å². The van der Waals surface area contributed by atoms with Crippen molar-refractivity contribution in [2.45, 2.75) is 53.4 Å². The topological polar surface area (TPSA) is 32.5 Å². The zero-order valence-electron chi connectivity index (χ0n) is 20.3. The highest BCUT2D eigenvalue weighted by Gasteiger charge is 2.32. The van der Waals surface area contributed by atoms with Gasteiger partial charge in [0.15, 0.2) is 11.7 Å². The monoisotopic (exact) mass is 437 g/mol. The van der Waals surface area contributed by atoms with Gasteiger partial charge in [0.1, 0.15) is 0 Å². The van der Waals surface area contributed by atoms with E-state index in [9.17, 15) is 0 Å². The molecule has 168 valence electrons. The fraction of sp³-hybridized carbons (Fsp3) is 0.276. The standard InChI is InChI=1S/C29H31N3O/c1-17(2)22-9-8-10-23(18(3)4)27(22)32-16-15-31(21(32)7)26-19(5)11-13-24-25-14-12-20(6)30-29(25)33-28(24)26/h8-18H,7H2,1-6H3. The first kappa shape index (κ1) is 21.6. The average molecular weight is 438 g/mol. The Morgan fingerprint density at radius 3 is 2.03 bits per heavy atom. The highest BCUT2D eigenvalue weighted by atomic mass is 16.3. The van der Waals surface area contributed by atoms with E-state index in [4.69, 9.17) is 4.42 Å². The summed E-state index contributed by atoms with van der Waals surface area (Å²) in [5, 5.41) is 2.11. The van der Waals surface area contributed by atoms with E-state index in [1.54, 1.807) is 0 Å². The number of aromatic nitrogens is 1. The summed E-state index contributed by atoms with van der Waals surface area (Å²) in [6.45, 7) is 17.6. The lowest BCUT2D eigenvalue weighted by Gasteiger charge is -2.33. The number of nitrogens with zero attached hydrogens (tertiary/aromatic N) is 3. The molecule has 2 radical (unpaired) electrons. The van der Waals surface area contributed by atoms with E-state index in [-0.39, 0.29) is 0 Å². The second kappa shape index (κ2) is 7.95. The Kier molecular flexibility index (Phi) is 5.19. The van der Waals surface area contributed by atoms with Gasteiger partial charge in [-0.15, -0.1) is 0 Å². The lowest BCUT2D eigenvalue weighted by Crippen LogP contribution is -2.30. The van der Waals surface area contributed by atoms with Gasteiger partial charge >= 0.3 is 0 Å². The van der Waals surface area contributed by atoms with E-state index >= 15 is 0 Å². The molecular formula is C29H31N3O. The van der Waals surface area contributed by atoms with Crippen LogP contribution in [0.3, 0.4) is 0 Å². The van der Waals surface area contributed by atoms with Crippen molar-refractivity contribution in [3.63, 3.8) is 0 Å². The van der Waals surface area contributed by atoms with Crippen LogP contribution in [0.5, 0.6) is 0 Å². The molecule has 0 unspecified atom stereocenters. The van der Waals surface area contributed by atoms with E-state index in [1.165, 1.54) is 16.8 Å². The molecule has 5 rings (SSSR count). The number of furan rings is 1. The highest BCUT2D eigenvalue weighted by molar-refractivity contribution is 6.09. The minimum absolute atomic E-state index is 0.406. The molecule has 0 saturated heterocycles. The Morgan fingerprint density at radius 1 is 0.788 bits per heavy atom. The van der Waals surface area contributed by atoms with Gasteiger partial charge in [-0.1, -0.05) is 58.0 Å². The second-order valence-corrected chi connectivity index (χ2v) is 9.56. The lowest BCUT2D eigenvalue weighted by atomic mass is 9.92. The fourth-order valence-electron chi connectivity index (χ4n) is 4.82. The smallest absolute Gasteiger partial charge is 0.227 e. The predicted octanol–water partition coefficient (Wildman–Crippen LogP) is 7.97. The molecule has 0 fully saturated rings. The maximum absolute atomic E-state index is 6.32. The summed E-state index contributed by atoms with van der Waals surface area (Å²) in [7, 11) is 0. The minimum Gasteiger partial charge on any atom is -0.435 e. The fourth-order valence-corrected chi connectivity index (χ4v) is 4.82. The number of rotatable bonds is 4. The summed E-state index contributed by atoms with van der Waals surface area (Å²) >= 11 is 0. The first-order valence-electron chi connectivity index (χ1n) is 11.7. The van der Waals surface area contributed by atoms with E-state index in [2.05, 4.69) is 105 Å². The number of hydrogen-bond donors (Lipinski definition) is 0. The van der Waals surface area contributed by atoms with Crippen LogP contribution in [0.2, 0.25) is 0 Å². The summed E-state index contributed by atoms with van der Waals surface area (Å²) in [5.41, 5.74) is 8.50. The summed E-state index contributed by atoms with van der Waals surface area (Å²) in [4.78, 5) is 8.99. The molecule has 0 aliphatic carbocycles. The van der Waals surface area contributed by atoms with Crippen molar-refractivity contribution in [3.05, 3.63) is 90.3 Å². The molecule has 4 nitrogen and oxygen atoms in total. The third-order valence-corrected chi connectivity index (χ3v) is 6.57. The van der Waals surface area contributed by atoms with Crippen molar-refractivity contribution in [2.24, 2.45) is 0 Å². The number of anilines is 2. The largest absolute Gasteiger partial charge is 0.435 e. The maximum atomic E-state index is 6.32. The third kappa shape index (κ3) is 3.40. The number of aryl methyl sites for hydroxylation is 2. The molecule has 1 aliphatic heterocycles. The molecule has 4 heteroatoms. The first-order valence-corrected chi connectivity index (χ1v) is 11.7. The summed E-state index contributed by atoms with van der Waals surface area (Å²) in [5.74, 6) is 0.813. The van der Waals surface area contributed by atoms with Crippen molar-refractivity contribution in [3.8, 4) is 0 Å². The number of para-hydroxylation sites is 1. The molecule has 0 amide bonds. The van der Waals surface area contributed by atoms with Crippen molar-refractivity contribution in [1.82, 2.24) is 4.98 Å². The zero-order chi connectivity index (χ0) is 23.4. The molecule has 33 heavy (non-hydrogen) atoms. The van der Waals surface area contributed by atoms with Crippen molar-refractivity contribution >= 4 is 33.4 Å². The quantitative estimate of drug-likeness (QED) is 0.324. The molecule has 0 N–H and O–H groups in total. The Labute approximate surface area is 196 Å². The summed E-state index contributed by atoms with van der Waals surface area (Å²) in [6, 6.07) is 15.0. The van der Waals surface area contributed by atoms with Gasteiger partial charge in [0, 0.05) is 34.6 Å². The van der Waals surface area contributed by atoms with E-state index in [0.29, 0.717) is 17.5 Å². The Balaban J connectivity index is 1.65. The van der Waals surface area contributed by atoms with Crippen LogP contribution in [-0.4, -0.2) is 4.98 Å². The van der Waals surface area contributed by atoms with Crippen LogP contribution in [0.25, 0.3) is 22.1 Å². The van der Waals surface area contributed by atoms with Gasteiger partial charge < -0.3 is 14.2 Å². The molecule has 0 saturated carbocycles. The third-order valence-electron chi connectivity index (χ3n) is 6.57. The maximum Gasteiger partial charge on any atom is 0.227 e. The van der Waals surface area contributed by atoms with Gasteiger partial charge in [-0.3, -0.25) is 0 Å². The molecule has 1 aliphatic rings. The molecule has 2 aromatic carbocycles. The number of hydrogen-bond acceptors (Lipinski definition) is 4. The molecule has 0 bridgehead atoms. The molecular weight excluding hydrogens is 406 g/mol. The number of fused-ring (bicyclic) bond motifs is 3.